The molecular weight excluding hydrogens is 460 g/mol. The molecule has 0 saturated carbocycles. The predicted molar refractivity (Wildman–Crippen MR) is 118 cm³/mol. The van der Waals surface area contributed by atoms with Crippen LogP contribution < -0.4 is 10.6 Å². The first-order chi connectivity index (χ1) is 16.8. The summed E-state index contributed by atoms with van der Waals surface area (Å²) in [4.78, 5) is 64.0. The van der Waals surface area contributed by atoms with Gasteiger partial charge in [-0.15, -0.1) is 0 Å². The molecule has 1 aromatic rings. The highest BCUT2D eigenvalue weighted by Crippen LogP contribution is 2.26. The van der Waals surface area contributed by atoms with E-state index >= 15 is 0 Å². The number of hydrazine groups is 1. The minimum atomic E-state index is -1.02. The predicted octanol–water partition coefficient (Wildman–Crippen LogP) is -0.187. The Hall–Kier alpha value is -3.67. The highest BCUT2D eigenvalue weighted by Gasteiger charge is 2.46. The van der Waals surface area contributed by atoms with E-state index < -0.39 is 48.1 Å². The van der Waals surface area contributed by atoms with Gasteiger partial charge in [-0.25, -0.2) is 5.01 Å². The Morgan fingerprint density at radius 3 is 2.60 bits per heavy atom. The number of fused-ring (bicyclic) bond motifs is 1. The Labute approximate surface area is 201 Å². The Bertz CT molecular complexity index is 1010. The molecule has 4 atom stereocenters. The van der Waals surface area contributed by atoms with Gasteiger partial charge in [0.2, 0.25) is 18.1 Å². The summed E-state index contributed by atoms with van der Waals surface area (Å²) in [5.74, 6) is -2.46. The maximum Gasteiger partial charge on any atom is 0.310 e. The molecule has 3 N–H and O–H groups in total. The number of amides is 4. The zero-order valence-electron chi connectivity index (χ0n) is 19.3. The lowest BCUT2D eigenvalue weighted by Gasteiger charge is -2.43. The van der Waals surface area contributed by atoms with Gasteiger partial charge in [-0.1, -0.05) is 0 Å². The van der Waals surface area contributed by atoms with E-state index in [1.807, 2.05) is 0 Å². The first-order valence-electron chi connectivity index (χ1n) is 11.6. The summed E-state index contributed by atoms with van der Waals surface area (Å²) in [5.41, 5.74) is 0.240. The maximum atomic E-state index is 13.5. The van der Waals surface area contributed by atoms with Crippen molar-refractivity contribution in [2.75, 3.05) is 13.2 Å². The highest BCUT2D eigenvalue weighted by atomic mass is 16.7. The molecule has 12 nitrogen and oxygen atoms in total. The summed E-state index contributed by atoms with van der Waals surface area (Å²) in [6.45, 7) is 2.29. The van der Waals surface area contributed by atoms with Gasteiger partial charge in [0.15, 0.2) is 0 Å². The van der Waals surface area contributed by atoms with E-state index in [9.17, 15) is 29.1 Å². The zero-order chi connectivity index (χ0) is 25.1. The average Bonchev–Trinajstić information content (AvgIpc) is 3.13. The Morgan fingerprint density at radius 1 is 1.14 bits per heavy atom. The van der Waals surface area contributed by atoms with Crippen molar-refractivity contribution >= 4 is 29.6 Å². The molecule has 188 valence electrons. The van der Waals surface area contributed by atoms with Gasteiger partial charge in [-0.05, 0) is 50.5 Å². The van der Waals surface area contributed by atoms with Crippen molar-refractivity contribution in [2.24, 2.45) is 0 Å². The first kappa shape index (κ1) is 24.5. The smallest absolute Gasteiger partial charge is 0.310 e. The van der Waals surface area contributed by atoms with Crippen molar-refractivity contribution in [1.82, 2.24) is 20.7 Å². The second-order valence-electron chi connectivity index (χ2n) is 8.60. The molecule has 3 aliphatic heterocycles. The fourth-order valence-corrected chi connectivity index (χ4v) is 4.51. The van der Waals surface area contributed by atoms with Crippen LogP contribution in [0.4, 0.5) is 0 Å². The Balaban J connectivity index is 1.51. The van der Waals surface area contributed by atoms with Crippen molar-refractivity contribution in [3.8, 4) is 5.75 Å². The van der Waals surface area contributed by atoms with Crippen LogP contribution in [-0.2, 0) is 28.7 Å². The number of ether oxygens (including phenoxy) is 2. The number of nitrogens with one attached hydrogen (secondary N) is 2. The number of esters is 1. The molecule has 12 heteroatoms. The SMILES string of the molecule is CCOC1OC(=O)C[C@@H]1NC(=O)[C@@H]1CCCN2C(=O)CC[C@H](NC(=O)c3ccc(O)cc3)C(=O)N12. The summed E-state index contributed by atoms with van der Waals surface area (Å²) in [5, 5.41) is 17.2. The van der Waals surface area contributed by atoms with Crippen LogP contribution in [0.3, 0.4) is 0 Å². The van der Waals surface area contributed by atoms with Gasteiger partial charge < -0.3 is 25.2 Å². The first-order valence-corrected chi connectivity index (χ1v) is 11.6. The van der Waals surface area contributed by atoms with Crippen LogP contribution in [0.1, 0.15) is 49.4 Å². The summed E-state index contributed by atoms with van der Waals surface area (Å²) in [6.07, 6.45) is -0.0665. The number of aromatic hydroxyl groups is 1. The summed E-state index contributed by atoms with van der Waals surface area (Å²) >= 11 is 0. The molecule has 3 saturated heterocycles. The molecule has 0 aromatic heterocycles. The third-order valence-corrected chi connectivity index (χ3v) is 6.22. The largest absolute Gasteiger partial charge is 0.508 e. The fraction of sp³-hybridized carbons (Fsp3) is 0.522. The number of carbonyl (C=O) groups excluding carboxylic acids is 5. The molecule has 0 radical (unpaired) electrons. The van der Waals surface area contributed by atoms with Crippen LogP contribution in [-0.4, -0.2) is 82.3 Å². The molecule has 0 spiro atoms. The van der Waals surface area contributed by atoms with Gasteiger partial charge in [0.05, 0.1) is 6.42 Å². The molecule has 3 fully saturated rings. The van der Waals surface area contributed by atoms with Gasteiger partial charge in [-0.3, -0.25) is 29.0 Å². The topological polar surface area (TPSA) is 155 Å². The van der Waals surface area contributed by atoms with Crippen LogP contribution >= 0.6 is 0 Å². The van der Waals surface area contributed by atoms with Gasteiger partial charge in [-0.2, -0.15) is 0 Å². The standard InChI is InChI=1S/C23H28N4O8/c1-2-34-23-16(12-19(30)35-23)25-21(32)17-4-3-11-26-18(29)10-9-15(22(33)27(17)26)24-20(31)13-5-7-14(28)8-6-13/h5-8,15-17,23,28H,2-4,9-12H2,1H3,(H,24,31)(H,25,32)/t15-,16-,17-,23?/m0/s1. The number of nitrogens with zero attached hydrogens (tertiary/aromatic N) is 2. The number of benzene rings is 1. The monoisotopic (exact) mass is 488 g/mol. The van der Waals surface area contributed by atoms with Crippen LogP contribution in [0.5, 0.6) is 5.75 Å². The molecule has 1 aromatic carbocycles. The Kier molecular flexibility index (Phi) is 7.20. The summed E-state index contributed by atoms with van der Waals surface area (Å²) in [6, 6.07) is 2.81. The number of phenols is 1. The quantitative estimate of drug-likeness (QED) is 0.466. The van der Waals surface area contributed by atoms with E-state index in [-0.39, 0.29) is 49.6 Å². The maximum absolute atomic E-state index is 13.5. The zero-order valence-corrected chi connectivity index (χ0v) is 19.3. The lowest BCUT2D eigenvalue weighted by molar-refractivity contribution is -0.177. The molecule has 0 bridgehead atoms. The van der Waals surface area contributed by atoms with Crippen molar-refractivity contribution in [1.29, 1.82) is 0 Å². The number of cyclic esters (lactones) is 1. The number of phenolic OH excluding ortho intramolecular Hbond substituents is 1. The molecule has 1 unspecified atom stereocenters. The van der Waals surface area contributed by atoms with Gasteiger partial charge in [0.1, 0.15) is 23.9 Å². The van der Waals surface area contributed by atoms with Gasteiger partial charge in [0, 0.05) is 25.1 Å². The molecule has 4 rings (SSSR count). The van der Waals surface area contributed by atoms with Crippen molar-refractivity contribution in [3.63, 3.8) is 0 Å². The van der Waals surface area contributed by atoms with E-state index in [0.29, 0.717) is 12.8 Å². The minimum absolute atomic E-state index is 0.00330. The minimum Gasteiger partial charge on any atom is -0.508 e. The third-order valence-electron chi connectivity index (χ3n) is 6.22. The fourth-order valence-electron chi connectivity index (χ4n) is 4.51. The van der Waals surface area contributed by atoms with Crippen LogP contribution in [0.25, 0.3) is 0 Å². The summed E-state index contributed by atoms with van der Waals surface area (Å²) < 4.78 is 10.5. The van der Waals surface area contributed by atoms with Gasteiger partial charge >= 0.3 is 5.97 Å². The van der Waals surface area contributed by atoms with Crippen molar-refractivity contribution in [2.45, 2.75) is 63.4 Å². The molecular formula is C23H28N4O8. The average molecular weight is 488 g/mol. The highest BCUT2D eigenvalue weighted by molar-refractivity contribution is 5.99. The second-order valence-corrected chi connectivity index (χ2v) is 8.60. The molecule has 35 heavy (non-hydrogen) atoms. The Morgan fingerprint density at radius 2 is 1.89 bits per heavy atom. The molecule has 3 aliphatic rings. The van der Waals surface area contributed by atoms with E-state index in [1.165, 1.54) is 29.3 Å². The third kappa shape index (κ3) is 5.21. The van der Waals surface area contributed by atoms with E-state index in [1.54, 1.807) is 6.92 Å². The van der Waals surface area contributed by atoms with E-state index in [2.05, 4.69) is 10.6 Å². The number of hydrogen-bond acceptors (Lipinski definition) is 8. The van der Waals surface area contributed by atoms with Gasteiger partial charge in [0.25, 0.3) is 11.8 Å². The van der Waals surface area contributed by atoms with E-state index in [4.69, 9.17) is 9.47 Å². The summed E-state index contributed by atoms with van der Waals surface area (Å²) in [7, 11) is 0. The van der Waals surface area contributed by atoms with Crippen LogP contribution in [0.15, 0.2) is 24.3 Å². The van der Waals surface area contributed by atoms with E-state index in [0.717, 1.165) is 5.01 Å². The normalized spacial score (nSPS) is 26.6. The van der Waals surface area contributed by atoms with Crippen molar-refractivity contribution in [3.05, 3.63) is 29.8 Å². The van der Waals surface area contributed by atoms with Crippen LogP contribution in [0, 0.1) is 0 Å². The molecule has 0 aliphatic carbocycles. The number of hydrogen-bond donors (Lipinski definition) is 3. The van der Waals surface area contributed by atoms with Crippen molar-refractivity contribution < 1.29 is 38.6 Å². The number of rotatable bonds is 6. The molecule has 3 heterocycles. The van der Waals surface area contributed by atoms with Crippen LogP contribution in [0.2, 0.25) is 0 Å². The lowest BCUT2D eigenvalue weighted by Crippen LogP contribution is -2.64. The second kappa shape index (κ2) is 10.3. The molecule has 4 amide bonds. The number of carbonyl (C=O) groups is 5. The lowest BCUT2D eigenvalue weighted by atomic mass is 10.0.